The molecule has 90 valence electrons. The van der Waals surface area contributed by atoms with E-state index in [0.717, 1.165) is 22.5 Å². The molecule has 1 amide bonds. The first kappa shape index (κ1) is 12.1. The van der Waals surface area contributed by atoms with Gasteiger partial charge in [0.05, 0.1) is 15.9 Å². The number of aryl methyl sites for hydroxylation is 2. The third-order valence-electron chi connectivity index (χ3n) is 2.73. The lowest BCUT2D eigenvalue weighted by Crippen LogP contribution is -2.19. The van der Waals surface area contributed by atoms with Crippen LogP contribution in [0.4, 0.5) is 5.69 Å². The van der Waals surface area contributed by atoms with Crippen molar-refractivity contribution in [2.75, 3.05) is 5.32 Å². The van der Waals surface area contributed by atoms with Crippen molar-refractivity contribution in [2.45, 2.75) is 18.7 Å². The van der Waals surface area contributed by atoms with Crippen LogP contribution in [0, 0.1) is 6.92 Å². The Labute approximate surface area is 108 Å². The fourth-order valence-corrected chi connectivity index (χ4v) is 1.75. The molecule has 0 bridgehead atoms. The number of nitrogens with zero attached hydrogens (tertiary/aromatic N) is 2. The number of imidazole rings is 1. The Hall–Kier alpha value is -1.36. The Kier molecular flexibility index (Phi) is 3.19. The zero-order valence-electron chi connectivity index (χ0n) is 9.99. The monoisotopic (exact) mass is 295 g/mol. The molecule has 1 heterocycles. The standard InChI is InChI=1S/C12H14BrN3O/c1-7(13)12(17)15-9-4-5-11-10(6-9)14-8(2)16(11)3/h4-7H,1-3H3,(H,15,17). The maximum absolute atomic E-state index is 11.5. The summed E-state index contributed by atoms with van der Waals surface area (Å²) in [6.45, 7) is 3.75. The summed E-state index contributed by atoms with van der Waals surface area (Å²) in [6, 6.07) is 5.73. The highest BCUT2D eigenvalue weighted by atomic mass is 79.9. The van der Waals surface area contributed by atoms with Gasteiger partial charge in [0.1, 0.15) is 5.82 Å². The van der Waals surface area contributed by atoms with Gasteiger partial charge in [-0.05, 0) is 32.0 Å². The minimum absolute atomic E-state index is 0.0583. The van der Waals surface area contributed by atoms with E-state index in [0.29, 0.717) is 0 Å². The molecule has 0 saturated heterocycles. The van der Waals surface area contributed by atoms with Crippen LogP contribution in [-0.4, -0.2) is 20.3 Å². The van der Waals surface area contributed by atoms with E-state index in [1.165, 1.54) is 0 Å². The van der Waals surface area contributed by atoms with Crippen molar-refractivity contribution >= 4 is 38.6 Å². The maximum atomic E-state index is 11.5. The lowest BCUT2D eigenvalue weighted by molar-refractivity contribution is -0.115. The Morgan fingerprint density at radius 2 is 2.24 bits per heavy atom. The van der Waals surface area contributed by atoms with Crippen molar-refractivity contribution in [1.29, 1.82) is 0 Å². The van der Waals surface area contributed by atoms with Gasteiger partial charge in [0.25, 0.3) is 0 Å². The van der Waals surface area contributed by atoms with Crippen molar-refractivity contribution in [1.82, 2.24) is 9.55 Å². The molecule has 0 aliphatic rings. The third kappa shape index (κ3) is 2.34. The van der Waals surface area contributed by atoms with Crippen LogP contribution >= 0.6 is 15.9 Å². The number of hydrogen-bond donors (Lipinski definition) is 1. The summed E-state index contributed by atoms with van der Waals surface area (Å²) in [5, 5.41) is 2.83. The molecule has 0 saturated carbocycles. The molecule has 17 heavy (non-hydrogen) atoms. The van der Waals surface area contributed by atoms with E-state index in [-0.39, 0.29) is 10.7 Å². The van der Waals surface area contributed by atoms with Gasteiger partial charge in [-0.1, -0.05) is 15.9 Å². The molecule has 0 radical (unpaired) electrons. The van der Waals surface area contributed by atoms with Gasteiger partial charge in [-0.25, -0.2) is 4.98 Å². The number of nitrogens with one attached hydrogen (secondary N) is 1. The van der Waals surface area contributed by atoms with Crippen molar-refractivity contribution in [3.63, 3.8) is 0 Å². The molecule has 2 rings (SSSR count). The number of fused-ring (bicyclic) bond motifs is 1. The maximum Gasteiger partial charge on any atom is 0.237 e. The SMILES string of the molecule is Cc1nc2cc(NC(=O)C(C)Br)ccc2n1C. The van der Waals surface area contributed by atoms with Crippen molar-refractivity contribution in [2.24, 2.45) is 7.05 Å². The molecular formula is C12H14BrN3O. The second-order valence-electron chi connectivity index (χ2n) is 4.03. The topological polar surface area (TPSA) is 46.9 Å². The molecule has 1 aromatic carbocycles. The predicted molar refractivity (Wildman–Crippen MR) is 72.5 cm³/mol. The van der Waals surface area contributed by atoms with Gasteiger partial charge in [0.2, 0.25) is 5.91 Å². The molecular weight excluding hydrogens is 282 g/mol. The van der Waals surface area contributed by atoms with Gasteiger partial charge in [0.15, 0.2) is 0 Å². The molecule has 1 unspecified atom stereocenters. The van der Waals surface area contributed by atoms with Gasteiger partial charge in [-0.2, -0.15) is 0 Å². The average Bonchev–Trinajstić information content (AvgIpc) is 2.54. The smallest absolute Gasteiger partial charge is 0.237 e. The van der Waals surface area contributed by atoms with Crippen LogP contribution in [0.5, 0.6) is 0 Å². The lowest BCUT2D eigenvalue weighted by Gasteiger charge is -2.06. The van der Waals surface area contributed by atoms with Crippen LogP contribution in [0.2, 0.25) is 0 Å². The summed E-state index contributed by atoms with van der Waals surface area (Å²) >= 11 is 3.23. The van der Waals surface area contributed by atoms with Crippen LogP contribution in [0.15, 0.2) is 18.2 Å². The molecule has 0 aliphatic carbocycles. The van der Waals surface area contributed by atoms with Gasteiger partial charge >= 0.3 is 0 Å². The number of hydrogen-bond acceptors (Lipinski definition) is 2. The van der Waals surface area contributed by atoms with E-state index in [2.05, 4.69) is 26.2 Å². The van der Waals surface area contributed by atoms with Gasteiger partial charge < -0.3 is 9.88 Å². The molecule has 0 spiro atoms. The van der Waals surface area contributed by atoms with E-state index in [1.807, 2.05) is 36.7 Å². The van der Waals surface area contributed by atoms with Gasteiger partial charge in [-0.3, -0.25) is 4.79 Å². The quantitative estimate of drug-likeness (QED) is 0.866. The molecule has 0 aliphatic heterocycles. The van der Waals surface area contributed by atoms with Crippen LogP contribution in [0.3, 0.4) is 0 Å². The highest BCUT2D eigenvalue weighted by Crippen LogP contribution is 2.19. The molecule has 1 atom stereocenters. The van der Waals surface area contributed by atoms with Crippen molar-refractivity contribution < 1.29 is 4.79 Å². The van der Waals surface area contributed by atoms with Gasteiger partial charge in [-0.15, -0.1) is 0 Å². The van der Waals surface area contributed by atoms with E-state index >= 15 is 0 Å². The first-order chi connectivity index (χ1) is 7.99. The fourth-order valence-electron chi connectivity index (χ4n) is 1.64. The van der Waals surface area contributed by atoms with E-state index in [4.69, 9.17) is 0 Å². The third-order valence-corrected chi connectivity index (χ3v) is 3.15. The second-order valence-corrected chi connectivity index (χ2v) is 5.40. The molecule has 1 N–H and O–H groups in total. The summed E-state index contributed by atoms with van der Waals surface area (Å²) in [5.74, 6) is 0.898. The molecule has 4 nitrogen and oxygen atoms in total. The van der Waals surface area contributed by atoms with Crippen LogP contribution in [0.25, 0.3) is 11.0 Å². The summed E-state index contributed by atoms with van der Waals surface area (Å²) in [5.41, 5.74) is 2.73. The number of benzene rings is 1. The Balaban J connectivity index is 2.35. The molecule has 2 aromatic rings. The predicted octanol–water partition coefficient (Wildman–Crippen LogP) is 2.60. The zero-order valence-corrected chi connectivity index (χ0v) is 11.6. The summed E-state index contributed by atoms with van der Waals surface area (Å²) < 4.78 is 2.02. The highest BCUT2D eigenvalue weighted by Gasteiger charge is 2.10. The highest BCUT2D eigenvalue weighted by molar-refractivity contribution is 9.10. The molecule has 5 heteroatoms. The zero-order chi connectivity index (χ0) is 12.6. The first-order valence-electron chi connectivity index (χ1n) is 5.37. The Morgan fingerprint density at radius 3 is 2.88 bits per heavy atom. The number of carbonyl (C=O) groups excluding carboxylic acids is 1. The van der Waals surface area contributed by atoms with Crippen molar-refractivity contribution in [3.05, 3.63) is 24.0 Å². The number of aromatic nitrogens is 2. The fraction of sp³-hybridized carbons (Fsp3) is 0.333. The normalized spacial score (nSPS) is 12.7. The number of amides is 1. The minimum atomic E-state index is -0.205. The minimum Gasteiger partial charge on any atom is -0.331 e. The Bertz CT molecular complexity index is 574. The molecule has 0 fully saturated rings. The number of alkyl halides is 1. The van der Waals surface area contributed by atoms with E-state index in [1.54, 1.807) is 6.92 Å². The largest absolute Gasteiger partial charge is 0.331 e. The van der Waals surface area contributed by atoms with E-state index in [9.17, 15) is 4.79 Å². The summed E-state index contributed by atoms with van der Waals surface area (Å²) in [4.78, 5) is 15.8. The number of carbonyl (C=O) groups is 1. The van der Waals surface area contributed by atoms with Gasteiger partial charge in [0, 0.05) is 12.7 Å². The number of anilines is 1. The van der Waals surface area contributed by atoms with Crippen LogP contribution in [0.1, 0.15) is 12.7 Å². The van der Waals surface area contributed by atoms with Crippen LogP contribution in [-0.2, 0) is 11.8 Å². The van der Waals surface area contributed by atoms with E-state index < -0.39 is 0 Å². The molecule has 1 aromatic heterocycles. The average molecular weight is 296 g/mol. The first-order valence-corrected chi connectivity index (χ1v) is 6.28. The number of halogens is 1. The number of rotatable bonds is 2. The second kappa shape index (κ2) is 4.49. The van der Waals surface area contributed by atoms with Crippen LogP contribution < -0.4 is 5.32 Å². The van der Waals surface area contributed by atoms with Crippen molar-refractivity contribution in [3.8, 4) is 0 Å². The summed E-state index contributed by atoms with van der Waals surface area (Å²) in [7, 11) is 1.98. The Morgan fingerprint density at radius 1 is 1.53 bits per heavy atom. The lowest BCUT2D eigenvalue weighted by atomic mass is 10.2. The summed E-state index contributed by atoms with van der Waals surface area (Å²) in [6.07, 6.45) is 0.